The molecule has 0 bridgehead atoms. The van der Waals surface area contributed by atoms with Crippen molar-refractivity contribution in [3.8, 4) is 17.4 Å². The van der Waals surface area contributed by atoms with E-state index >= 15 is 0 Å². The van der Waals surface area contributed by atoms with E-state index in [1.165, 1.54) is 4.57 Å². The average molecular weight is 491 g/mol. The summed E-state index contributed by atoms with van der Waals surface area (Å²) in [4.78, 5) is 31.6. The van der Waals surface area contributed by atoms with Gasteiger partial charge in [-0.25, -0.2) is 4.79 Å². The Morgan fingerprint density at radius 1 is 1.06 bits per heavy atom. The third kappa shape index (κ3) is 4.05. The van der Waals surface area contributed by atoms with Crippen molar-refractivity contribution < 1.29 is 14.6 Å². The quantitative estimate of drug-likeness (QED) is 0.316. The number of rotatable bonds is 7. The number of nitrogens with zero attached hydrogens (tertiary/aromatic N) is 1. The van der Waals surface area contributed by atoms with E-state index in [0.29, 0.717) is 17.9 Å². The van der Waals surface area contributed by atoms with Gasteiger partial charge in [0.25, 0.3) is 5.56 Å². The van der Waals surface area contributed by atoms with Crippen molar-refractivity contribution in [2.75, 3.05) is 14.2 Å². The van der Waals surface area contributed by atoms with Gasteiger partial charge in [0.05, 0.1) is 20.3 Å². The minimum atomic E-state index is -0.651. The highest BCUT2D eigenvalue weighted by molar-refractivity contribution is 5.85. The average Bonchev–Trinajstić information content (AvgIpc) is 3.26. The molecule has 4 aromatic rings. The van der Waals surface area contributed by atoms with Crippen molar-refractivity contribution in [1.82, 2.24) is 19.9 Å². The van der Waals surface area contributed by atoms with Crippen LogP contribution in [0.3, 0.4) is 0 Å². The highest BCUT2D eigenvalue weighted by Gasteiger charge is 2.34. The lowest BCUT2D eigenvalue weighted by Crippen LogP contribution is -2.43. The summed E-state index contributed by atoms with van der Waals surface area (Å²) in [6.45, 7) is 2.26. The van der Waals surface area contributed by atoms with E-state index in [4.69, 9.17) is 9.47 Å². The van der Waals surface area contributed by atoms with Gasteiger partial charge in [0, 0.05) is 29.2 Å². The SMILES string of the molecule is CC[C@@H]1Cc2c([nH]c3ccccc23)[C@@H](c2c(O)n(CCc3ccc(OC)c(OC)c3)c(=O)[nH]c2=O)N1. The molecule has 2 aromatic carbocycles. The maximum atomic E-state index is 13.0. The standard InChI is InChI=1S/C27H30N4O5/c1-4-16-14-18-17-7-5-6-8-19(17)29-23(18)24(28-16)22-25(32)30-27(34)31(26(22)33)12-11-15-9-10-20(35-2)21(13-15)36-3/h5-10,13,16,24,28-29,33H,4,11-12,14H2,1-3H3,(H,30,32,34)/t16-,24-/m1/s1. The van der Waals surface area contributed by atoms with E-state index in [-0.39, 0.29) is 24.0 Å². The van der Waals surface area contributed by atoms with Gasteiger partial charge in [-0.1, -0.05) is 31.2 Å². The first-order chi connectivity index (χ1) is 17.4. The first-order valence-electron chi connectivity index (χ1n) is 12.1. The van der Waals surface area contributed by atoms with Crippen LogP contribution in [0.1, 0.15) is 41.8 Å². The fourth-order valence-corrected chi connectivity index (χ4v) is 5.12. The summed E-state index contributed by atoms with van der Waals surface area (Å²) in [5.41, 5.74) is 2.72. The molecule has 36 heavy (non-hydrogen) atoms. The number of hydrogen-bond acceptors (Lipinski definition) is 6. The number of methoxy groups -OCH3 is 2. The van der Waals surface area contributed by atoms with Crippen molar-refractivity contribution >= 4 is 10.9 Å². The van der Waals surface area contributed by atoms with Gasteiger partial charge in [-0.05, 0) is 48.6 Å². The molecule has 2 atom stereocenters. The number of ether oxygens (including phenoxy) is 2. The van der Waals surface area contributed by atoms with Gasteiger partial charge in [-0.15, -0.1) is 0 Å². The van der Waals surface area contributed by atoms with Crippen molar-refractivity contribution in [3.63, 3.8) is 0 Å². The molecule has 2 aromatic heterocycles. The predicted molar refractivity (Wildman–Crippen MR) is 137 cm³/mol. The normalized spacial score (nSPS) is 17.2. The van der Waals surface area contributed by atoms with Crippen LogP contribution in [0.5, 0.6) is 17.4 Å². The maximum absolute atomic E-state index is 13.0. The molecule has 5 rings (SSSR count). The molecule has 1 aliphatic rings. The Morgan fingerprint density at radius 2 is 1.83 bits per heavy atom. The fourth-order valence-electron chi connectivity index (χ4n) is 5.12. The van der Waals surface area contributed by atoms with E-state index in [0.717, 1.165) is 40.6 Å². The van der Waals surface area contributed by atoms with Crippen LogP contribution in [0.2, 0.25) is 0 Å². The molecule has 0 saturated carbocycles. The van der Waals surface area contributed by atoms with E-state index < -0.39 is 17.3 Å². The second-order valence-corrected chi connectivity index (χ2v) is 9.06. The molecule has 0 aliphatic carbocycles. The highest BCUT2D eigenvalue weighted by Crippen LogP contribution is 2.37. The number of H-pyrrole nitrogens is 2. The summed E-state index contributed by atoms with van der Waals surface area (Å²) in [5.74, 6) is 0.857. The van der Waals surface area contributed by atoms with E-state index in [1.54, 1.807) is 20.3 Å². The first kappa shape index (κ1) is 23.7. The number of benzene rings is 2. The second kappa shape index (κ2) is 9.58. The zero-order chi connectivity index (χ0) is 25.4. The van der Waals surface area contributed by atoms with Crippen molar-refractivity contribution in [3.05, 3.63) is 85.7 Å². The molecule has 4 N–H and O–H groups in total. The van der Waals surface area contributed by atoms with E-state index in [2.05, 4.69) is 28.3 Å². The molecule has 3 heterocycles. The third-order valence-electron chi connectivity index (χ3n) is 7.05. The Bertz CT molecular complexity index is 1530. The zero-order valence-corrected chi connectivity index (χ0v) is 20.6. The Kier molecular flexibility index (Phi) is 6.32. The lowest BCUT2D eigenvalue weighted by molar-refractivity contribution is 0.354. The summed E-state index contributed by atoms with van der Waals surface area (Å²) in [7, 11) is 3.13. The van der Waals surface area contributed by atoms with Crippen LogP contribution >= 0.6 is 0 Å². The highest BCUT2D eigenvalue weighted by atomic mass is 16.5. The monoisotopic (exact) mass is 490 g/mol. The maximum Gasteiger partial charge on any atom is 0.331 e. The second-order valence-electron chi connectivity index (χ2n) is 9.06. The van der Waals surface area contributed by atoms with Gasteiger partial charge >= 0.3 is 5.69 Å². The lowest BCUT2D eigenvalue weighted by atomic mass is 9.90. The van der Waals surface area contributed by atoms with Crippen LogP contribution in [-0.4, -0.2) is 39.9 Å². The number of aromatic nitrogens is 3. The topological polar surface area (TPSA) is 121 Å². The molecule has 9 nitrogen and oxygen atoms in total. The Morgan fingerprint density at radius 3 is 2.58 bits per heavy atom. The zero-order valence-electron chi connectivity index (χ0n) is 20.6. The summed E-state index contributed by atoms with van der Waals surface area (Å²) in [6, 6.07) is 13.1. The summed E-state index contributed by atoms with van der Waals surface area (Å²) in [6.07, 6.45) is 2.10. The molecule has 9 heteroatoms. The number of aryl methyl sites for hydroxylation is 1. The van der Waals surface area contributed by atoms with E-state index in [9.17, 15) is 14.7 Å². The molecule has 0 saturated heterocycles. The Balaban J connectivity index is 1.55. The molecule has 0 radical (unpaired) electrons. The number of fused-ring (bicyclic) bond motifs is 3. The van der Waals surface area contributed by atoms with Crippen LogP contribution in [-0.2, 0) is 19.4 Å². The Hall–Kier alpha value is -3.98. The van der Waals surface area contributed by atoms with Crippen molar-refractivity contribution in [2.24, 2.45) is 0 Å². The number of aromatic amines is 2. The van der Waals surface area contributed by atoms with Gasteiger partial charge in [0.1, 0.15) is 5.56 Å². The molecular formula is C27H30N4O5. The molecule has 0 spiro atoms. The minimum absolute atomic E-state index is 0.118. The van der Waals surface area contributed by atoms with Crippen LogP contribution in [0.15, 0.2) is 52.1 Å². The van der Waals surface area contributed by atoms with Gasteiger partial charge in [0.2, 0.25) is 5.88 Å². The summed E-state index contributed by atoms with van der Waals surface area (Å²) < 4.78 is 11.9. The van der Waals surface area contributed by atoms with Crippen molar-refractivity contribution in [2.45, 2.75) is 44.8 Å². The van der Waals surface area contributed by atoms with Gasteiger partial charge in [0.15, 0.2) is 11.5 Å². The van der Waals surface area contributed by atoms with Crippen LogP contribution in [0.4, 0.5) is 0 Å². The van der Waals surface area contributed by atoms with Crippen LogP contribution in [0, 0.1) is 0 Å². The van der Waals surface area contributed by atoms with Gasteiger partial charge in [-0.3, -0.25) is 14.3 Å². The number of para-hydroxylation sites is 1. The largest absolute Gasteiger partial charge is 0.494 e. The third-order valence-corrected chi connectivity index (χ3v) is 7.05. The van der Waals surface area contributed by atoms with E-state index in [1.807, 2.05) is 30.3 Å². The number of nitrogens with one attached hydrogen (secondary N) is 3. The minimum Gasteiger partial charge on any atom is -0.494 e. The molecule has 0 amide bonds. The van der Waals surface area contributed by atoms with Crippen molar-refractivity contribution in [1.29, 1.82) is 0 Å². The smallest absolute Gasteiger partial charge is 0.331 e. The molecule has 0 unspecified atom stereocenters. The molecule has 1 aliphatic heterocycles. The fraction of sp³-hybridized carbons (Fsp3) is 0.333. The van der Waals surface area contributed by atoms with Crippen LogP contribution in [0.25, 0.3) is 10.9 Å². The molecule has 0 fully saturated rings. The predicted octanol–water partition coefficient (Wildman–Crippen LogP) is 3.00. The molecular weight excluding hydrogens is 460 g/mol. The molecule has 188 valence electrons. The Labute approximate surface area is 207 Å². The van der Waals surface area contributed by atoms with Crippen LogP contribution < -0.4 is 26.0 Å². The summed E-state index contributed by atoms with van der Waals surface area (Å²) in [5, 5.41) is 15.9. The number of aromatic hydroxyl groups is 1. The first-order valence-corrected chi connectivity index (χ1v) is 12.1. The van der Waals surface area contributed by atoms with Gasteiger partial charge < -0.3 is 24.9 Å². The van der Waals surface area contributed by atoms with Gasteiger partial charge in [-0.2, -0.15) is 0 Å². The summed E-state index contributed by atoms with van der Waals surface area (Å²) >= 11 is 0. The number of hydrogen-bond donors (Lipinski definition) is 4. The lowest BCUT2D eigenvalue weighted by Gasteiger charge is -2.31.